The summed E-state index contributed by atoms with van der Waals surface area (Å²) in [5.74, 6) is -0.129. The lowest BCUT2D eigenvalue weighted by atomic mass is 10.1. The van der Waals surface area contributed by atoms with E-state index in [1.54, 1.807) is 12.1 Å². The van der Waals surface area contributed by atoms with E-state index in [1.165, 1.54) is 56.8 Å². The van der Waals surface area contributed by atoms with Gasteiger partial charge in [-0.25, -0.2) is 13.1 Å². The van der Waals surface area contributed by atoms with E-state index in [0.29, 0.717) is 25.7 Å². The van der Waals surface area contributed by atoms with Crippen LogP contribution in [0.5, 0.6) is 0 Å². The van der Waals surface area contributed by atoms with Crippen molar-refractivity contribution in [1.29, 1.82) is 0 Å². The molecule has 2 rings (SSSR count). The normalized spacial score (nSPS) is 16.7. The molecule has 1 aliphatic rings. The Balaban J connectivity index is 1.75. The van der Waals surface area contributed by atoms with Crippen LogP contribution in [0.3, 0.4) is 0 Å². The Labute approximate surface area is 148 Å². The largest absolute Gasteiger partial charge is 0.351 e. The van der Waals surface area contributed by atoms with Gasteiger partial charge in [-0.15, -0.1) is 11.3 Å². The molecule has 8 heteroatoms. The van der Waals surface area contributed by atoms with Gasteiger partial charge >= 0.3 is 0 Å². The van der Waals surface area contributed by atoms with Crippen LogP contribution in [-0.4, -0.2) is 33.5 Å². The Kier molecular flexibility index (Phi) is 7.67. The SMILES string of the molecule is CC(=O)NCc1ccc(S(=O)(=O)NCCNC2CCCCCC2)s1. The van der Waals surface area contributed by atoms with Crippen LogP contribution in [0.2, 0.25) is 0 Å². The number of rotatable bonds is 8. The molecule has 136 valence electrons. The molecule has 1 aliphatic carbocycles. The van der Waals surface area contributed by atoms with Crippen LogP contribution in [0.15, 0.2) is 16.3 Å². The molecule has 1 amide bonds. The molecular formula is C16H27N3O3S2. The highest BCUT2D eigenvalue weighted by molar-refractivity contribution is 7.91. The van der Waals surface area contributed by atoms with Gasteiger partial charge < -0.3 is 10.6 Å². The van der Waals surface area contributed by atoms with Crippen LogP contribution in [0.25, 0.3) is 0 Å². The highest BCUT2D eigenvalue weighted by atomic mass is 32.2. The Morgan fingerprint density at radius 3 is 2.54 bits per heavy atom. The van der Waals surface area contributed by atoms with E-state index in [2.05, 4.69) is 15.4 Å². The number of hydrogen-bond donors (Lipinski definition) is 3. The number of sulfonamides is 1. The van der Waals surface area contributed by atoms with E-state index < -0.39 is 10.0 Å². The van der Waals surface area contributed by atoms with E-state index in [-0.39, 0.29) is 10.1 Å². The van der Waals surface area contributed by atoms with Gasteiger partial charge in [0.1, 0.15) is 4.21 Å². The smallest absolute Gasteiger partial charge is 0.250 e. The topological polar surface area (TPSA) is 87.3 Å². The maximum atomic E-state index is 12.3. The van der Waals surface area contributed by atoms with Crippen LogP contribution in [0.4, 0.5) is 0 Å². The third-order valence-electron chi connectivity index (χ3n) is 4.12. The summed E-state index contributed by atoms with van der Waals surface area (Å²) < 4.78 is 27.5. The second-order valence-corrected chi connectivity index (χ2v) is 9.33. The molecule has 1 aromatic rings. The molecule has 6 nitrogen and oxygen atoms in total. The summed E-state index contributed by atoms with van der Waals surface area (Å²) in [5, 5.41) is 6.12. The minimum Gasteiger partial charge on any atom is -0.351 e. The van der Waals surface area contributed by atoms with Gasteiger partial charge in [0.15, 0.2) is 0 Å². The molecule has 0 radical (unpaired) electrons. The lowest BCUT2D eigenvalue weighted by Gasteiger charge is -2.16. The first-order chi connectivity index (χ1) is 11.5. The summed E-state index contributed by atoms with van der Waals surface area (Å²) in [5.41, 5.74) is 0. The van der Waals surface area contributed by atoms with Crippen molar-refractivity contribution in [2.75, 3.05) is 13.1 Å². The van der Waals surface area contributed by atoms with Crippen molar-refractivity contribution in [3.05, 3.63) is 17.0 Å². The summed E-state index contributed by atoms with van der Waals surface area (Å²) in [6.07, 6.45) is 7.51. The fraction of sp³-hybridized carbons (Fsp3) is 0.688. The lowest BCUT2D eigenvalue weighted by molar-refractivity contribution is -0.119. The van der Waals surface area contributed by atoms with Crippen molar-refractivity contribution < 1.29 is 13.2 Å². The van der Waals surface area contributed by atoms with Gasteiger partial charge in [0.2, 0.25) is 15.9 Å². The Bertz CT molecular complexity index is 620. The maximum Gasteiger partial charge on any atom is 0.250 e. The first kappa shape index (κ1) is 19.4. The monoisotopic (exact) mass is 373 g/mol. The van der Waals surface area contributed by atoms with Gasteiger partial charge in [-0.2, -0.15) is 0 Å². The fourth-order valence-electron chi connectivity index (χ4n) is 2.83. The molecule has 0 saturated heterocycles. The predicted molar refractivity (Wildman–Crippen MR) is 96.5 cm³/mol. The van der Waals surface area contributed by atoms with Gasteiger partial charge in [-0.3, -0.25) is 4.79 Å². The van der Waals surface area contributed by atoms with Crippen molar-refractivity contribution >= 4 is 27.3 Å². The average molecular weight is 374 g/mol. The average Bonchev–Trinajstić information content (AvgIpc) is 2.87. The zero-order valence-electron chi connectivity index (χ0n) is 14.1. The standard InChI is InChI=1S/C16H27N3O3S2/c1-13(20)18-12-15-8-9-16(23-15)24(21,22)19-11-10-17-14-6-4-2-3-5-7-14/h8-9,14,17,19H,2-7,10-12H2,1H3,(H,18,20). The van der Waals surface area contributed by atoms with E-state index in [1.807, 2.05) is 0 Å². The molecule has 0 aromatic carbocycles. The van der Waals surface area contributed by atoms with Crippen molar-refractivity contribution in [3.8, 4) is 0 Å². The fourth-order valence-corrected chi connectivity index (χ4v) is 5.20. The highest BCUT2D eigenvalue weighted by Gasteiger charge is 2.17. The summed E-state index contributed by atoms with van der Waals surface area (Å²) in [6, 6.07) is 3.84. The minimum absolute atomic E-state index is 0.129. The molecule has 24 heavy (non-hydrogen) atoms. The lowest BCUT2D eigenvalue weighted by Crippen LogP contribution is -2.36. The number of amides is 1. The van der Waals surface area contributed by atoms with Crippen LogP contribution in [-0.2, 0) is 21.4 Å². The third-order valence-corrected chi connectivity index (χ3v) is 7.16. The van der Waals surface area contributed by atoms with Crippen molar-refractivity contribution in [2.24, 2.45) is 0 Å². The van der Waals surface area contributed by atoms with E-state index in [4.69, 9.17) is 0 Å². The van der Waals surface area contributed by atoms with Crippen LogP contribution >= 0.6 is 11.3 Å². The molecule has 1 heterocycles. The second-order valence-electron chi connectivity index (χ2n) is 6.17. The molecule has 0 bridgehead atoms. The number of hydrogen-bond acceptors (Lipinski definition) is 5. The van der Waals surface area contributed by atoms with Crippen LogP contribution < -0.4 is 15.4 Å². The number of nitrogens with one attached hydrogen (secondary N) is 3. The Morgan fingerprint density at radius 2 is 1.88 bits per heavy atom. The van der Waals surface area contributed by atoms with Crippen molar-refractivity contribution in [1.82, 2.24) is 15.4 Å². The van der Waals surface area contributed by atoms with Gasteiger partial charge in [0, 0.05) is 30.9 Å². The van der Waals surface area contributed by atoms with E-state index in [0.717, 1.165) is 4.88 Å². The van der Waals surface area contributed by atoms with Gasteiger partial charge in [0.05, 0.1) is 6.54 Å². The third kappa shape index (κ3) is 6.51. The summed E-state index contributed by atoms with van der Waals surface area (Å²) in [6.45, 7) is 2.83. The Morgan fingerprint density at radius 1 is 1.17 bits per heavy atom. The molecule has 0 spiro atoms. The van der Waals surface area contributed by atoms with Crippen molar-refractivity contribution in [3.63, 3.8) is 0 Å². The first-order valence-electron chi connectivity index (χ1n) is 8.53. The Hall–Kier alpha value is -0.960. The van der Waals surface area contributed by atoms with E-state index >= 15 is 0 Å². The molecule has 1 fully saturated rings. The zero-order chi connectivity index (χ0) is 17.4. The summed E-state index contributed by atoms with van der Waals surface area (Å²) in [7, 11) is -3.47. The number of carbonyl (C=O) groups excluding carboxylic acids is 1. The first-order valence-corrected chi connectivity index (χ1v) is 10.8. The minimum atomic E-state index is -3.47. The molecular weight excluding hydrogens is 346 g/mol. The molecule has 0 atom stereocenters. The molecule has 3 N–H and O–H groups in total. The number of carbonyl (C=O) groups is 1. The summed E-state index contributed by atoms with van der Waals surface area (Å²) >= 11 is 1.19. The van der Waals surface area contributed by atoms with E-state index in [9.17, 15) is 13.2 Å². The van der Waals surface area contributed by atoms with Crippen molar-refractivity contribution in [2.45, 2.75) is 62.2 Å². The molecule has 1 aromatic heterocycles. The highest BCUT2D eigenvalue weighted by Crippen LogP contribution is 2.21. The quantitative estimate of drug-likeness (QED) is 0.480. The molecule has 0 aliphatic heterocycles. The van der Waals surface area contributed by atoms with Gasteiger partial charge in [0.25, 0.3) is 0 Å². The van der Waals surface area contributed by atoms with Crippen LogP contribution in [0, 0.1) is 0 Å². The maximum absolute atomic E-state index is 12.3. The predicted octanol–water partition coefficient (Wildman–Crippen LogP) is 1.97. The number of thiophene rings is 1. The zero-order valence-corrected chi connectivity index (χ0v) is 15.8. The summed E-state index contributed by atoms with van der Waals surface area (Å²) in [4.78, 5) is 11.7. The van der Waals surface area contributed by atoms with Gasteiger partial charge in [-0.05, 0) is 25.0 Å². The van der Waals surface area contributed by atoms with Gasteiger partial charge in [-0.1, -0.05) is 25.7 Å². The molecule has 0 unspecified atom stereocenters. The molecule has 1 saturated carbocycles. The van der Waals surface area contributed by atoms with Crippen LogP contribution in [0.1, 0.15) is 50.3 Å². The second kappa shape index (κ2) is 9.50.